The maximum atomic E-state index is 12.9. The van der Waals surface area contributed by atoms with E-state index < -0.39 is 29.8 Å². The molecule has 0 atom stereocenters. The van der Waals surface area contributed by atoms with Gasteiger partial charge in [0.05, 0.1) is 10.5 Å². The predicted octanol–water partition coefficient (Wildman–Crippen LogP) is 2.64. The molecule has 122 valence electrons. The highest BCUT2D eigenvalue weighted by atomic mass is 32.2. The van der Waals surface area contributed by atoms with E-state index in [1.54, 1.807) is 12.1 Å². The summed E-state index contributed by atoms with van der Waals surface area (Å²) in [5.74, 6) is -0.543. The lowest BCUT2D eigenvalue weighted by atomic mass is 10.2. The number of thioether (sulfide) groups is 1. The lowest BCUT2D eigenvalue weighted by molar-refractivity contribution is -0.138. The molecule has 1 aromatic carbocycles. The Kier molecular flexibility index (Phi) is 5.15. The Morgan fingerprint density at radius 2 is 1.87 bits per heavy atom. The van der Waals surface area contributed by atoms with Crippen LogP contribution in [-0.4, -0.2) is 10.5 Å². The Hall–Kier alpha value is -2.22. The monoisotopic (exact) mass is 342 g/mol. The Morgan fingerprint density at radius 3 is 2.43 bits per heavy atom. The number of rotatable bonds is 5. The van der Waals surface area contributed by atoms with Gasteiger partial charge in [0.2, 0.25) is 5.91 Å². The molecule has 8 heteroatoms. The van der Waals surface area contributed by atoms with E-state index in [1.165, 1.54) is 0 Å². The Balaban J connectivity index is 2.36. The number of primary amides is 1. The summed E-state index contributed by atoms with van der Waals surface area (Å²) in [6.45, 7) is -0.596. The largest absolute Gasteiger partial charge is 0.417 e. The molecule has 0 aliphatic heterocycles. The van der Waals surface area contributed by atoms with Crippen molar-refractivity contribution in [3.8, 4) is 0 Å². The van der Waals surface area contributed by atoms with Gasteiger partial charge in [-0.05, 0) is 11.6 Å². The number of carbonyl (C=O) groups excluding carboxylic acids is 1. The summed E-state index contributed by atoms with van der Waals surface area (Å²) < 4.78 is 39.5. The van der Waals surface area contributed by atoms with Gasteiger partial charge in [-0.15, -0.1) is 11.8 Å². The van der Waals surface area contributed by atoms with Crippen molar-refractivity contribution >= 4 is 17.7 Å². The van der Waals surface area contributed by atoms with E-state index in [9.17, 15) is 22.8 Å². The van der Waals surface area contributed by atoms with E-state index in [0.29, 0.717) is 16.5 Å². The smallest absolute Gasteiger partial charge is 0.368 e. The molecule has 23 heavy (non-hydrogen) atoms. The number of hydrogen-bond acceptors (Lipinski definition) is 3. The lowest BCUT2D eigenvalue weighted by Crippen LogP contribution is -2.30. The van der Waals surface area contributed by atoms with Crippen molar-refractivity contribution in [1.82, 2.24) is 4.57 Å². The minimum Gasteiger partial charge on any atom is -0.368 e. The summed E-state index contributed by atoms with van der Waals surface area (Å²) in [6, 6.07) is 9.83. The molecule has 0 aliphatic carbocycles. The number of alkyl halides is 3. The number of aromatic nitrogens is 1. The van der Waals surface area contributed by atoms with Crippen molar-refractivity contribution < 1.29 is 18.0 Å². The fraction of sp³-hybridized carbons (Fsp3) is 0.200. The van der Waals surface area contributed by atoms with Crippen molar-refractivity contribution in [2.24, 2.45) is 5.73 Å². The molecule has 0 fully saturated rings. The van der Waals surface area contributed by atoms with Crippen LogP contribution in [0, 0.1) is 0 Å². The third-order valence-electron chi connectivity index (χ3n) is 2.94. The van der Waals surface area contributed by atoms with E-state index in [1.807, 2.05) is 18.2 Å². The fourth-order valence-electron chi connectivity index (χ4n) is 1.89. The SMILES string of the molecule is NC(=O)Cn1cc(C(F)(F)F)cc(SCc2ccccc2)c1=O. The number of benzene rings is 1. The van der Waals surface area contributed by atoms with Gasteiger partial charge in [0, 0.05) is 11.9 Å². The highest BCUT2D eigenvalue weighted by Crippen LogP contribution is 2.31. The molecule has 2 N–H and O–H groups in total. The second-order valence-corrected chi connectivity index (χ2v) is 5.78. The van der Waals surface area contributed by atoms with E-state index in [0.717, 1.165) is 23.4 Å². The first-order valence-electron chi connectivity index (χ1n) is 6.54. The second-order valence-electron chi connectivity index (χ2n) is 4.76. The van der Waals surface area contributed by atoms with Gasteiger partial charge in [-0.25, -0.2) is 0 Å². The molecular formula is C15H13F3N2O2S. The number of amides is 1. The highest BCUT2D eigenvalue weighted by Gasteiger charge is 2.32. The van der Waals surface area contributed by atoms with Crippen LogP contribution in [0.3, 0.4) is 0 Å². The van der Waals surface area contributed by atoms with Crippen molar-refractivity contribution in [3.05, 3.63) is 64.1 Å². The Labute approximate surface area is 134 Å². The van der Waals surface area contributed by atoms with Crippen molar-refractivity contribution in [3.63, 3.8) is 0 Å². The van der Waals surface area contributed by atoms with Crippen LogP contribution in [0.15, 0.2) is 52.3 Å². The summed E-state index contributed by atoms with van der Waals surface area (Å²) in [7, 11) is 0. The molecule has 1 amide bonds. The van der Waals surface area contributed by atoms with Crippen LogP contribution >= 0.6 is 11.8 Å². The van der Waals surface area contributed by atoms with Gasteiger partial charge in [0.15, 0.2) is 0 Å². The zero-order valence-electron chi connectivity index (χ0n) is 11.8. The van der Waals surface area contributed by atoms with E-state index in [4.69, 9.17) is 5.73 Å². The van der Waals surface area contributed by atoms with Gasteiger partial charge >= 0.3 is 6.18 Å². The average Bonchev–Trinajstić information content (AvgIpc) is 2.47. The van der Waals surface area contributed by atoms with Gasteiger partial charge < -0.3 is 10.3 Å². The topological polar surface area (TPSA) is 65.1 Å². The Bertz CT molecular complexity index is 758. The van der Waals surface area contributed by atoms with Crippen molar-refractivity contribution in [2.75, 3.05) is 0 Å². The zero-order valence-corrected chi connectivity index (χ0v) is 12.7. The molecule has 1 aromatic heterocycles. The molecule has 0 saturated heterocycles. The minimum atomic E-state index is -4.62. The molecule has 0 aliphatic rings. The quantitative estimate of drug-likeness (QED) is 0.850. The van der Waals surface area contributed by atoms with E-state index in [2.05, 4.69) is 0 Å². The number of hydrogen-bond donors (Lipinski definition) is 1. The van der Waals surface area contributed by atoms with Crippen LogP contribution in [0.5, 0.6) is 0 Å². The first-order valence-corrected chi connectivity index (χ1v) is 7.52. The normalized spacial score (nSPS) is 11.4. The van der Waals surface area contributed by atoms with Gasteiger partial charge in [0.1, 0.15) is 6.54 Å². The molecule has 4 nitrogen and oxygen atoms in total. The molecule has 2 rings (SSSR count). The predicted molar refractivity (Wildman–Crippen MR) is 80.9 cm³/mol. The number of carbonyl (C=O) groups is 1. The van der Waals surface area contributed by atoms with Crippen LogP contribution in [0.25, 0.3) is 0 Å². The highest BCUT2D eigenvalue weighted by molar-refractivity contribution is 7.98. The molecule has 0 spiro atoms. The average molecular weight is 342 g/mol. The van der Waals surface area contributed by atoms with E-state index in [-0.39, 0.29) is 4.90 Å². The Morgan fingerprint density at radius 1 is 1.22 bits per heavy atom. The summed E-state index contributed by atoms with van der Waals surface area (Å²) in [6.07, 6.45) is -4.01. The minimum absolute atomic E-state index is 0.0788. The number of pyridine rings is 1. The molecular weight excluding hydrogens is 329 g/mol. The molecule has 0 saturated carbocycles. The van der Waals surface area contributed by atoms with Crippen LogP contribution in [0.2, 0.25) is 0 Å². The third-order valence-corrected chi connectivity index (χ3v) is 4.02. The number of nitrogens with zero attached hydrogens (tertiary/aromatic N) is 1. The summed E-state index contributed by atoms with van der Waals surface area (Å²) in [5, 5.41) is 0. The van der Waals surface area contributed by atoms with Crippen LogP contribution in [0.1, 0.15) is 11.1 Å². The molecule has 1 heterocycles. The first-order chi connectivity index (χ1) is 10.8. The fourth-order valence-corrected chi connectivity index (χ4v) is 2.85. The van der Waals surface area contributed by atoms with Gasteiger partial charge in [0.25, 0.3) is 5.56 Å². The van der Waals surface area contributed by atoms with Crippen molar-refractivity contribution in [1.29, 1.82) is 0 Å². The maximum absolute atomic E-state index is 12.9. The summed E-state index contributed by atoms with van der Waals surface area (Å²) in [5.41, 5.74) is 4.19. The lowest BCUT2D eigenvalue weighted by Gasteiger charge is -2.12. The van der Waals surface area contributed by atoms with Crippen LogP contribution in [0.4, 0.5) is 13.2 Å². The summed E-state index contributed by atoms with van der Waals surface area (Å²) >= 11 is 0.986. The van der Waals surface area contributed by atoms with E-state index >= 15 is 0 Å². The van der Waals surface area contributed by atoms with Gasteiger partial charge in [-0.2, -0.15) is 13.2 Å². The zero-order chi connectivity index (χ0) is 17.0. The van der Waals surface area contributed by atoms with Crippen molar-refractivity contribution in [2.45, 2.75) is 23.4 Å². The third kappa shape index (κ3) is 4.62. The first kappa shape index (κ1) is 17.1. The van der Waals surface area contributed by atoms with Gasteiger partial charge in [-0.3, -0.25) is 9.59 Å². The number of halogens is 3. The summed E-state index contributed by atoms with van der Waals surface area (Å²) in [4.78, 5) is 23.0. The van der Waals surface area contributed by atoms with Gasteiger partial charge in [-0.1, -0.05) is 30.3 Å². The standard InChI is InChI=1S/C15H13F3N2O2S/c16-15(17,18)11-6-12(14(22)20(7-11)8-13(19)21)23-9-10-4-2-1-3-5-10/h1-7H,8-9H2,(H2,19,21). The molecule has 0 bridgehead atoms. The van der Waals surface area contributed by atoms with Crippen LogP contribution in [-0.2, 0) is 23.3 Å². The molecule has 0 radical (unpaired) electrons. The number of nitrogens with two attached hydrogens (primary N) is 1. The second kappa shape index (κ2) is 6.91. The maximum Gasteiger partial charge on any atom is 0.417 e. The molecule has 0 unspecified atom stereocenters. The van der Waals surface area contributed by atoms with Crippen LogP contribution < -0.4 is 11.3 Å². The molecule has 2 aromatic rings.